The number of pyridine rings is 1. The summed E-state index contributed by atoms with van der Waals surface area (Å²) in [4.78, 5) is 0. The van der Waals surface area contributed by atoms with Crippen LogP contribution in [0.25, 0.3) is 27.3 Å². The van der Waals surface area contributed by atoms with Crippen LogP contribution in [0.1, 0.15) is 31.9 Å². The lowest BCUT2D eigenvalue weighted by Gasteiger charge is -2.19. The Bertz CT molecular complexity index is 1080. The Morgan fingerprint density at radius 2 is 1.91 bits per heavy atom. The fourth-order valence-electron chi connectivity index (χ4n) is 3.85. The van der Waals surface area contributed by atoms with Gasteiger partial charge < -0.3 is 0 Å². The van der Waals surface area contributed by atoms with E-state index in [0.29, 0.717) is 0 Å². The summed E-state index contributed by atoms with van der Waals surface area (Å²) in [5, 5.41) is 4.17. The molecule has 0 amide bonds. The molecule has 3 heterocycles. The molecule has 2 aromatic heterocycles. The number of fused-ring (bicyclic) bond motifs is 3. The van der Waals surface area contributed by atoms with E-state index in [-0.39, 0.29) is 5.41 Å². The maximum atomic E-state index is 2.39. The van der Waals surface area contributed by atoms with E-state index >= 15 is 0 Å². The van der Waals surface area contributed by atoms with Gasteiger partial charge >= 0.3 is 0 Å². The van der Waals surface area contributed by atoms with E-state index in [2.05, 4.69) is 78.5 Å². The average Bonchev–Trinajstić information content (AvgIpc) is 3.05. The van der Waals surface area contributed by atoms with E-state index < -0.39 is 0 Å². The molecule has 0 aliphatic carbocycles. The minimum atomic E-state index is 0.170. The Balaban J connectivity index is 2.07. The standard InChI is InChI=1S/C20H19N2/c1-20(2,3)14-7-8-17-16(11-14)15-6-4-5-13-12-21-9-10-22(17)19(21)18(13)15/h4-11H,12H2,1-3H3/q+1. The van der Waals surface area contributed by atoms with Crippen LogP contribution in [0.2, 0.25) is 0 Å². The molecule has 0 radical (unpaired) electrons. The SMILES string of the molecule is CC(C)(C)c1ccc2c(c1)c1cccc3c1c1n2cc[n+]1C3. The first kappa shape index (κ1) is 12.2. The molecule has 0 unspecified atom stereocenters. The molecule has 0 saturated heterocycles. The zero-order chi connectivity index (χ0) is 15.1. The van der Waals surface area contributed by atoms with Crippen molar-refractivity contribution < 1.29 is 4.57 Å². The maximum Gasteiger partial charge on any atom is 0.295 e. The Hall–Kier alpha value is -2.35. The number of benzene rings is 2. The van der Waals surface area contributed by atoms with Crippen LogP contribution in [-0.2, 0) is 12.0 Å². The molecular weight excluding hydrogens is 268 g/mol. The molecule has 0 saturated carbocycles. The summed E-state index contributed by atoms with van der Waals surface area (Å²) < 4.78 is 4.70. The Kier molecular flexibility index (Phi) is 2.05. The summed E-state index contributed by atoms with van der Waals surface area (Å²) in [5.41, 5.74) is 5.64. The van der Waals surface area contributed by atoms with E-state index in [1.54, 1.807) is 0 Å². The summed E-state index contributed by atoms with van der Waals surface area (Å²) in [7, 11) is 0. The monoisotopic (exact) mass is 287 g/mol. The summed E-state index contributed by atoms with van der Waals surface area (Å²) in [6.45, 7) is 7.83. The van der Waals surface area contributed by atoms with Crippen molar-refractivity contribution in [1.29, 1.82) is 0 Å². The van der Waals surface area contributed by atoms with Crippen LogP contribution in [0.3, 0.4) is 0 Å². The molecule has 0 spiro atoms. The molecule has 22 heavy (non-hydrogen) atoms. The fourth-order valence-corrected chi connectivity index (χ4v) is 3.85. The first-order valence-corrected chi connectivity index (χ1v) is 7.92. The van der Waals surface area contributed by atoms with E-state index in [4.69, 9.17) is 0 Å². The molecule has 2 heteroatoms. The molecule has 0 atom stereocenters. The van der Waals surface area contributed by atoms with E-state index in [0.717, 1.165) is 6.54 Å². The first-order valence-electron chi connectivity index (χ1n) is 7.92. The topological polar surface area (TPSA) is 8.29 Å². The average molecular weight is 287 g/mol. The third kappa shape index (κ3) is 1.38. The van der Waals surface area contributed by atoms with Crippen molar-refractivity contribution in [3.05, 3.63) is 59.9 Å². The Morgan fingerprint density at radius 1 is 1.05 bits per heavy atom. The van der Waals surface area contributed by atoms with Crippen molar-refractivity contribution >= 4 is 27.3 Å². The number of rotatable bonds is 0. The lowest BCUT2D eigenvalue weighted by atomic mass is 9.86. The van der Waals surface area contributed by atoms with Gasteiger partial charge in [0.25, 0.3) is 5.65 Å². The summed E-state index contributed by atoms with van der Waals surface area (Å²) in [5.74, 6) is 0. The van der Waals surface area contributed by atoms with Crippen molar-refractivity contribution in [3.63, 3.8) is 0 Å². The molecule has 2 nitrogen and oxygen atoms in total. The van der Waals surface area contributed by atoms with Gasteiger partial charge in [0.1, 0.15) is 24.5 Å². The van der Waals surface area contributed by atoms with Crippen LogP contribution in [-0.4, -0.2) is 4.40 Å². The van der Waals surface area contributed by atoms with Crippen LogP contribution in [0, 0.1) is 0 Å². The molecule has 0 fully saturated rings. The van der Waals surface area contributed by atoms with Crippen LogP contribution in [0.4, 0.5) is 0 Å². The first-order chi connectivity index (χ1) is 10.5. The zero-order valence-electron chi connectivity index (χ0n) is 13.2. The molecule has 1 aliphatic rings. The highest BCUT2D eigenvalue weighted by molar-refractivity contribution is 6.12. The van der Waals surface area contributed by atoms with Crippen LogP contribution < -0.4 is 4.57 Å². The molecule has 1 aliphatic heterocycles. The van der Waals surface area contributed by atoms with E-state index in [1.165, 1.54) is 38.4 Å². The van der Waals surface area contributed by atoms with Gasteiger partial charge in [-0.25, -0.2) is 4.57 Å². The molecule has 108 valence electrons. The minimum Gasteiger partial charge on any atom is -0.225 e. The number of nitrogens with zero attached hydrogens (tertiary/aromatic N) is 2. The summed E-state index contributed by atoms with van der Waals surface area (Å²) in [6, 6.07) is 13.7. The quantitative estimate of drug-likeness (QED) is 0.298. The van der Waals surface area contributed by atoms with Gasteiger partial charge in [0.05, 0.1) is 5.39 Å². The van der Waals surface area contributed by atoms with Gasteiger partial charge in [-0.1, -0.05) is 45.0 Å². The molecule has 5 rings (SSSR count). The van der Waals surface area contributed by atoms with Gasteiger partial charge in [0.15, 0.2) is 0 Å². The van der Waals surface area contributed by atoms with Gasteiger partial charge in [-0.2, -0.15) is 4.40 Å². The summed E-state index contributed by atoms with van der Waals surface area (Å²) >= 11 is 0. The smallest absolute Gasteiger partial charge is 0.225 e. The van der Waals surface area contributed by atoms with Crippen molar-refractivity contribution in [2.24, 2.45) is 0 Å². The third-order valence-electron chi connectivity index (χ3n) is 5.02. The number of imidazole rings is 1. The minimum absolute atomic E-state index is 0.170. The van der Waals surface area contributed by atoms with E-state index in [9.17, 15) is 0 Å². The highest BCUT2D eigenvalue weighted by atomic mass is 15.1. The molecular formula is C20H19N2+. The molecule has 2 aromatic carbocycles. The lowest BCUT2D eigenvalue weighted by Crippen LogP contribution is -2.28. The van der Waals surface area contributed by atoms with Gasteiger partial charge in [0.2, 0.25) is 0 Å². The normalized spacial score (nSPS) is 14.0. The van der Waals surface area contributed by atoms with Crippen LogP contribution in [0.5, 0.6) is 0 Å². The molecule has 4 aromatic rings. The number of hydrogen-bond acceptors (Lipinski definition) is 0. The zero-order valence-corrected chi connectivity index (χ0v) is 13.2. The van der Waals surface area contributed by atoms with Gasteiger partial charge in [-0.3, -0.25) is 0 Å². The third-order valence-corrected chi connectivity index (χ3v) is 5.02. The maximum absolute atomic E-state index is 2.39. The number of hydrogen-bond donors (Lipinski definition) is 0. The predicted octanol–water partition coefficient (Wildman–Crippen LogP) is 4.19. The van der Waals surface area contributed by atoms with Crippen molar-refractivity contribution in [3.8, 4) is 0 Å². The second-order valence-corrected chi connectivity index (χ2v) is 7.44. The van der Waals surface area contributed by atoms with Crippen LogP contribution >= 0.6 is 0 Å². The fraction of sp³-hybridized carbons (Fsp3) is 0.250. The van der Waals surface area contributed by atoms with E-state index in [1.807, 2.05) is 0 Å². The Labute approximate surface area is 129 Å². The highest BCUT2D eigenvalue weighted by Crippen LogP contribution is 2.35. The Morgan fingerprint density at radius 3 is 2.73 bits per heavy atom. The van der Waals surface area contributed by atoms with Crippen LogP contribution in [0.15, 0.2) is 48.8 Å². The second-order valence-electron chi connectivity index (χ2n) is 7.44. The largest absolute Gasteiger partial charge is 0.295 e. The second kappa shape index (κ2) is 3.70. The molecule has 0 bridgehead atoms. The lowest BCUT2D eigenvalue weighted by molar-refractivity contribution is -0.657. The van der Waals surface area contributed by atoms with Crippen molar-refractivity contribution in [2.75, 3.05) is 0 Å². The van der Waals surface area contributed by atoms with Crippen molar-refractivity contribution in [2.45, 2.75) is 32.7 Å². The summed E-state index contributed by atoms with van der Waals surface area (Å²) in [6.07, 6.45) is 4.40. The van der Waals surface area contributed by atoms with Crippen molar-refractivity contribution in [1.82, 2.24) is 4.40 Å². The number of aromatic nitrogens is 2. The predicted molar refractivity (Wildman–Crippen MR) is 90.4 cm³/mol. The van der Waals surface area contributed by atoms with Gasteiger partial charge in [-0.15, -0.1) is 0 Å². The molecule has 0 N–H and O–H groups in total. The highest BCUT2D eigenvalue weighted by Gasteiger charge is 2.27. The van der Waals surface area contributed by atoms with Gasteiger partial charge in [-0.05, 0) is 23.1 Å². The van der Waals surface area contributed by atoms with Gasteiger partial charge in [0, 0.05) is 16.3 Å².